The Morgan fingerprint density at radius 3 is 2.72 bits per heavy atom. The molecule has 0 saturated heterocycles. The van der Waals surface area contributed by atoms with Gasteiger partial charge in [-0.05, 0) is 49.0 Å². The van der Waals surface area contributed by atoms with Gasteiger partial charge in [0.05, 0.1) is 17.4 Å². The Balaban J connectivity index is 1.61. The van der Waals surface area contributed by atoms with E-state index in [4.69, 9.17) is 0 Å². The quantitative estimate of drug-likeness (QED) is 0.814. The Morgan fingerprint density at radius 2 is 2.04 bits per heavy atom. The second-order valence-electron chi connectivity index (χ2n) is 7.50. The number of carbonyl (C=O) groups excluding carboxylic acids is 1. The molecule has 1 fully saturated rings. The van der Waals surface area contributed by atoms with E-state index in [1.807, 2.05) is 12.2 Å². The van der Waals surface area contributed by atoms with Gasteiger partial charge < -0.3 is 10.4 Å². The first-order valence-corrected chi connectivity index (χ1v) is 9.58. The lowest BCUT2D eigenvalue weighted by Gasteiger charge is -2.23. The number of fused-ring (bicyclic) bond motifs is 3. The molecule has 2 bridgehead atoms. The molecule has 1 aromatic heterocycles. The summed E-state index contributed by atoms with van der Waals surface area (Å²) in [6.45, 7) is 2.20. The van der Waals surface area contributed by atoms with Crippen LogP contribution < -0.4 is 5.32 Å². The number of hydrogen-bond acceptors (Lipinski definition) is 4. The van der Waals surface area contributed by atoms with Crippen LogP contribution in [0.4, 0.5) is 5.00 Å². The first-order chi connectivity index (χ1) is 12.0. The van der Waals surface area contributed by atoms with Crippen molar-refractivity contribution in [2.45, 2.75) is 32.6 Å². The Morgan fingerprint density at radius 1 is 1.32 bits per heavy atom. The molecule has 0 unspecified atom stereocenters. The first-order valence-electron chi connectivity index (χ1n) is 8.76. The predicted octanol–water partition coefficient (Wildman–Crippen LogP) is 3.21. The van der Waals surface area contributed by atoms with Gasteiger partial charge in [-0.3, -0.25) is 9.59 Å². The SMILES string of the molecule is C[C@H]1CCc2c(sc(NC(=O)[C@@H]3[C@@H](C(=O)O)[C@H]4C=C[C@@H]3C4)c2C#N)C1. The molecule has 4 rings (SSSR count). The highest BCUT2D eigenvalue weighted by Crippen LogP contribution is 2.49. The molecule has 25 heavy (non-hydrogen) atoms. The predicted molar refractivity (Wildman–Crippen MR) is 94.2 cm³/mol. The summed E-state index contributed by atoms with van der Waals surface area (Å²) in [5.41, 5.74) is 1.65. The summed E-state index contributed by atoms with van der Waals surface area (Å²) < 4.78 is 0. The van der Waals surface area contributed by atoms with Crippen LogP contribution in [0, 0.1) is 40.9 Å². The summed E-state index contributed by atoms with van der Waals surface area (Å²) in [5.74, 6) is -1.83. The highest BCUT2D eigenvalue weighted by molar-refractivity contribution is 7.16. The van der Waals surface area contributed by atoms with Crippen molar-refractivity contribution in [1.82, 2.24) is 0 Å². The van der Waals surface area contributed by atoms with E-state index in [1.54, 1.807) is 0 Å². The third-order valence-electron chi connectivity index (χ3n) is 5.91. The van der Waals surface area contributed by atoms with Crippen LogP contribution in [0.25, 0.3) is 0 Å². The molecule has 2 N–H and O–H groups in total. The zero-order valence-electron chi connectivity index (χ0n) is 14.0. The van der Waals surface area contributed by atoms with Crippen molar-refractivity contribution in [2.75, 3.05) is 5.32 Å². The fourth-order valence-corrected chi connectivity index (χ4v) is 6.03. The maximum Gasteiger partial charge on any atom is 0.307 e. The van der Waals surface area contributed by atoms with Crippen LogP contribution >= 0.6 is 11.3 Å². The summed E-state index contributed by atoms with van der Waals surface area (Å²) in [7, 11) is 0. The van der Waals surface area contributed by atoms with Crippen molar-refractivity contribution < 1.29 is 14.7 Å². The standard InChI is InChI=1S/C19H20N2O3S/c1-9-2-5-12-13(8-20)18(25-14(12)6-9)21-17(22)15-10-3-4-11(7-10)16(15)19(23)24/h3-4,9-11,15-16H,2,5-7H2,1H3,(H,21,22)(H,23,24)/t9-,10+,11-,15-,16-/m0/s1. The molecule has 5 nitrogen and oxygen atoms in total. The van der Waals surface area contributed by atoms with E-state index in [1.165, 1.54) is 16.2 Å². The number of hydrogen-bond donors (Lipinski definition) is 2. The van der Waals surface area contributed by atoms with Gasteiger partial charge in [-0.1, -0.05) is 19.1 Å². The van der Waals surface area contributed by atoms with Gasteiger partial charge >= 0.3 is 5.97 Å². The van der Waals surface area contributed by atoms with E-state index in [2.05, 4.69) is 18.3 Å². The zero-order chi connectivity index (χ0) is 17.7. The summed E-state index contributed by atoms with van der Waals surface area (Å²) in [6, 6.07) is 2.25. The number of nitrogens with one attached hydrogen (secondary N) is 1. The van der Waals surface area contributed by atoms with E-state index >= 15 is 0 Å². The minimum Gasteiger partial charge on any atom is -0.481 e. The van der Waals surface area contributed by atoms with Gasteiger partial charge in [-0.2, -0.15) is 5.26 Å². The lowest BCUT2D eigenvalue weighted by molar-refractivity contribution is -0.146. The van der Waals surface area contributed by atoms with Gasteiger partial charge in [0.1, 0.15) is 11.1 Å². The summed E-state index contributed by atoms with van der Waals surface area (Å²) in [4.78, 5) is 25.7. The van der Waals surface area contributed by atoms with Crippen LogP contribution in [0.5, 0.6) is 0 Å². The lowest BCUT2D eigenvalue weighted by Crippen LogP contribution is -2.36. The average molecular weight is 356 g/mol. The lowest BCUT2D eigenvalue weighted by atomic mass is 9.82. The molecular weight excluding hydrogens is 336 g/mol. The molecule has 1 amide bonds. The number of nitriles is 1. The third-order valence-corrected chi connectivity index (χ3v) is 7.08. The fourth-order valence-electron chi connectivity index (χ4n) is 4.67. The number of carboxylic acids is 1. The maximum absolute atomic E-state index is 12.9. The van der Waals surface area contributed by atoms with Crippen molar-refractivity contribution in [3.05, 3.63) is 28.2 Å². The van der Waals surface area contributed by atoms with Crippen LogP contribution in [-0.4, -0.2) is 17.0 Å². The van der Waals surface area contributed by atoms with Crippen LogP contribution in [-0.2, 0) is 22.4 Å². The molecule has 3 aliphatic carbocycles. The second-order valence-corrected chi connectivity index (χ2v) is 8.60. The fraction of sp³-hybridized carbons (Fsp3) is 0.526. The number of anilines is 1. The molecule has 1 aromatic rings. The molecule has 130 valence electrons. The number of allylic oxidation sites excluding steroid dienone is 2. The Kier molecular flexibility index (Phi) is 3.92. The monoisotopic (exact) mass is 356 g/mol. The minimum atomic E-state index is -0.906. The number of amides is 1. The zero-order valence-corrected chi connectivity index (χ0v) is 14.8. The van der Waals surface area contributed by atoms with E-state index in [0.717, 1.165) is 31.2 Å². The van der Waals surface area contributed by atoms with Crippen molar-refractivity contribution in [1.29, 1.82) is 5.26 Å². The van der Waals surface area contributed by atoms with Gasteiger partial charge in [-0.25, -0.2) is 0 Å². The molecule has 0 radical (unpaired) electrons. The average Bonchev–Trinajstić information content (AvgIpc) is 3.25. The number of aliphatic carboxylic acids is 1. The van der Waals surface area contributed by atoms with Crippen LogP contribution in [0.15, 0.2) is 12.2 Å². The Bertz CT molecular complexity index is 819. The van der Waals surface area contributed by atoms with Crippen molar-refractivity contribution >= 4 is 28.2 Å². The Hall–Kier alpha value is -2.13. The molecule has 0 spiro atoms. The number of carbonyl (C=O) groups is 2. The molecule has 3 aliphatic rings. The van der Waals surface area contributed by atoms with Crippen LogP contribution in [0.2, 0.25) is 0 Å². The first kappa shape index (κ1) is 16.3. The summed E-state index contributed by atoms with van der Waals surface area (Å²) in [6.07, 6.45) is 7.52. The molecule has 1 heterocycles. The normalized spacial score (nSPS) is 32.2. The van der Waals surface area contributed by atoms with E-state index in [-0.39, 0.29) is 17.7 Å². The van der Waals surface area contributed by atoms with Crippen molar-refractivity contribution in [3.63, 3.8) is 0 Å². The highest BCUT2D eigenvalue weighted by atomic mass is 32.1. The van der Waals surface area contributed by atoms with Crippen LogP contribution in [0.3, 0.4) is 0 Å². The van der Waals surface area contributed by atoms with Gasteiger partial charge in [0, 0.05) is 4.88 Å². The second kappa shape index (κ2) is 5.99. The molecule has 1 saturated carbocycles. The number of thiophene rings is 1. The van der Waals surface area contributed by atoms with Crippen LogP contribution in [0.1, 0.15) is 35.8 Å². The summed E-state index contributed by atoms with van der Waals surface area (Å²) >= 11 is 1.49. The van der Waals surface area contributed by atoms with Gasteiger partial charge in [-0.15, -0.1) is 11.3 Å². The molecule has 0 aliphatic heterocycles. The van der Waals surface area contributed by atoms with E-state index in [9.17, 15) is 20.0 Å². The minimum absolute atomic E-state index is 0.00811. The summed E-state index contributed by atoms with van der Waals surface area (Å²) in [5, 5.41) is 22.6. The molecule has 0 aromatic carbocycles. The van der Waals surface area contributed by atoms with E-state index < -0.39 is 17.8 Å². The number of rotatable bonds is 3. The number of carboxylic acid groups (broad SMARTS) is 1. The molecule has 5 atom stereocenters. The molecule has 6 heteroatoms. The highest BCUT2D eigenvalue weighted by Gasteiger charge is 2.51. The molecular formula is C19H20N2O3S. The van der Waals surface area contributed by atoms with Crippen molar-refractivity contribution in [2.24, 2.45) is 29.6 Å². The topological polar surface area (TPSA) is 90.2 Å². The van der Waals surface area contributed by atoms with Gasteiger partial charge in [0.25, 0.3) is 0 Å². The maximum atomic E-state index is 12.9. The Labute approximate surface area is 150 Å². The van der Waals surface area contributed by atoms with Gasteiger partial charge in [0.15, 0.2) is 0 Å². The van der Waals surface area contributed by atoms with Crippen molar-refractivity contribution in [3.8, 4) is 6.07 Å². The largest absolute Gasteiger partial charge is 0.481 e. The smallest absolute Gasteiger partial charge is 0.307 e. The van der Waals surface area contributed by atoms with Gasteiger partial charge in [0.2, 0.25) is 5.91 Å². The van der Waals surface area contributed by atoms with E-state index in [0.29, 0.717) is 16.5 Å². The number of nitrogens with zero attached hydrogens (tertiary/aromatic N) is 1. The third kappa shape index (κ3) is 2.58.